The molecule has 88 valence electrons. The first-order chi connectivity index (χ1) is 8.86. The highest BCUT2D eigenvalue weighted by Crippen LogP contribution is 2.25. The summed E-state index contributed by atoms with van der Waals surface area (Å²) in [6.07, 6.45) is 0. The van der Waals surface area contributed by atoms with Crippen molar-refractivity contribution in [3.8, 4) is 0 Å². The molecule has 1 N–H and O–H groups in total. The molecule has 0 aliphatic carbocycles. The lowest BCUT2D eigenvalue weighted by molar-refractivity contribution is 0.934. The fourth-order valence-electron chi connectivity index (χ4n) is 2.79. The molecule has 18 heavy (non-hydrogen) atoms. The maximum atomic E-state index is 12.6. The quantitative estimate of drug-likeness (QED) is 0.663. The molecule has 2 nitrogen and oxygen atoms in total. The molecule has 0 spiro atoms. The maximum Gasteiger partial charge on any atom is 0.195 e. The number of rotatable bonds is 0. The first-order valence-corrected chi connectivity index (χ1v) is 6.98. The van der Waals surface area contributed by atoms with E-state index in [1.807, 2.05) is 18.2 Å². The Labute approximate surface area is 108 Å². The van der Waals surface area contributed by atoms with Crippen molar-refractivity contribution in [1.29, 1.82) is 0 Å². The summed E-state index contributed by atoms with van der Waals surface area (Å²) in [7, 11) is 0. The first kappa shape index (κ1) is 10.4. The molecule has 3 aromatic carbocycles. The van der Waals surface area contributed by atoms with Crippen LogP contribution in [0.25, 0.3) is 26.5 Å². The summed E-state index contributed by atoms with van der Waals surface area (Å²) in [5.74, 6) is 0.901. The summed E-state index contributed by atoms with van der Waals surface area (Å²) in [6.45, 7) is 0.816. The van der Waals surface area contributed by atoms with Crippen molar-refractivity contribution in [1.82, 2.24) is 5.32 Å². The van der Waals surface area contributed by atoms with Gasteiger partial charge in [0.25, 0.3) is 0 Å². The van der Waals surface area contributed by atoms with Crippen molar-refractivity contribution in [2.45, 2.75) is 0 Å². The summed E-state index contributed by atoms with van der Waals surface area (Å²) >= 11 is 1.75. The Bertz CT molecular complexity index is 842. The molecule has 0 atom stereocenters. The van der Waals surface area contributed by atoms with Gasteiger partial charge in [0, 0.05) is 33.3 Å². The van der Waals surface area contributed by atoms with Crippen LogP contribution >= 0.6 is 11.8 Å². The van der Waals surface area contributed by atoms with Gasteiger partial charge in [0.2, 0.25) is 0 Å². The lowest BCUT2D eigenvalue weighted by Gasteiger charge is -1.97. The van der Waals surface area contributed by atoms with Gasteiger partial charge in [0.1, 0.15) is 0 Å². The van der Waals surface area contributed by atoms with E-state index in [4.69, 9.17) is 0 Å². The van der Waals surface area contributed by atoms with Crippen LogP contribution in [0.3, 0.4) is 0 Å². The van der Waals surface area contributed by atoms with Crippen LogP contribution in [0.15, 0.2) is 41.2 Å². The van der Waals surface area contributed by atoms with Gasteiger partial charge in [-0.2, -0.15) is 0 Å². The third kappa shape index (κ3) is 1.26. The Morgan fingerprint density at radius 1 is 1.06 bits per heavy atom. The molecule has 0 radical (unpaired) electrons. The van der Waals surface area contributed by atoms with E-state index in [-0.39, 0.29) is 5.43 Å². The lowest BCUT2D eigenvalue weighted by Crippen LogP contribution is -2.23. The van der Waals surface area contributed by atoms with Crippen LogP contribution in [0.4, 0.5) is 0 Å². The summed E-state index contributed by atoms with van der Waals surface area (Å²) in [5.41, 5.74) is 0.188. The lowest BCUT2D eigenvalue weighted by atomic mass is 10.1. The molecule has 3 aromatic rings. The molecule has 0 unspecified atom stereocenters. The van der Waals surface area contributed by atoms with Crippen LogP contribution in [0.5, 0.6) is 0 Å². The summed E-state index contributed by atoms with van der Waals surface area (Å²) < 4.78 is 0. The van der Waals surface area contributed by atoms with Crippen LogP contribution in [-0.2, 0) is 0 Å². The van der Waals surface area contributed by atoms with Gasteiger partial charge < -0.3 is 5.32 Å². The molecule has 1 aliphatic rings. The van der Waals surface area contributed by atoms with Gasteiger partial charge in [-0.15, -0.1) is 11.8 Å². The van der Waals surface area contributed by atoms with Gasteiger partial charge >= 0.3 is 0 Å². The second kappa shape index (κ2) is 3.70. The minimum atomic E-state index is 0.188. The number of thioether (sulfide) groups is 1. The van der Waals surface area contributed by atoms with Crippen molar-refractivity contribution in [3.63, 3.8) is 0 Å². The van der Waals surface area contributed by atoms with E-state index in [1.165, 1.54) is 4.91 Å². The Hall–Kier alpha value is -1.58. The third-order valence-electron chi connectivity index (χ3n) is 3.56. The second-order valence-electron chi connectivity index (χ2n) is 4.55. The summed E-state index contributed by atoms with van der Waals surface area (Å²) in [6, 6.07) is 12.2. The molecular weight excluding hydrogens is 242 g/mol. The second-order valence-corrected chi connectivity index (χ2v) is 5.62. The van der Waals surface area contributed by atoms with Gasteiger partial charge in [0.15, 0.2) is 5.43 Å². The van der Waals surface area contributed by atoms with Crippen molar-refractivity contribution >= 4 is 38.2 Å². The summed E-state index contributed by atoms with van der Waals surface area (Å²) in [5, 5.41) is 8.45. The molecule has 0 amide bonds. The van der Waals surface area contributed by atoms with Crippen molar-refractivity contribution < 1.29 is 0 Å². The standard InChI is InChI=1S/C15H11NOS/c17-15-11-6-2-4-9-3-1-5-10(13(9)11)14(15)12-7-16-8-18-12/h1-6,16H,7-8H2. The van der Waals surface area contributed by atoms with E-state index in [0.29, 0.717) is 0 Å². The average Bonchev–Trinajstić information content (AvgIpc) is 3.00. The van der Waals surface area contributed by atoms with Crippen molar-refractivity contribution in [2.24, 2.45) is 0 Å². The number of hydrogen-bond donors (Lipinski definition) is 1. The van der Waals surface area contributed by atoms with Gasteiger partial charge in [-0.1, -0.05) is 36.4 Å². The molecule has 3 heteroatoms. The highest BCUT2D eigenvalue weighted by Gasteiger charge is 2.16. The van der Waals surface area contributed by atoms with Gasteiger partial charge in [-0.3, -0.25) is 4.79 Å². The molecule has 1 aliphatic heterocycles. The molecule has 0 aromatic heterocycles. The first-order valence-electron chi connectivity index (χ1n) is 6.00. The average molecular weight is 253 g/mol. The van der Waals surface area contributed by atoms with E-state index in [9.17, 15) is 4.79 Å². The Kier molecular flexibility index (Phi) is 2.13. The van der Waals surface area contributed by atoms with Gasteiger partial charge in [-0.25, -0.2) is 0 Å². The zero-order chi connectivity index (χ0) is 12.1. The minimum Gasteiger partial charge on any atom is -0.303 e. The minimum absolute atomic E-state index is 0.188. The Morgan fingerprint density at radius 3 is 2.56 bits per heavy atom. The van der Waals surface area contributed by atoms with E-state index >= 15 is 0 Å². The Morgan fingerprint density at radius 2 is 1.83 bits per heavy atom. The van der Waals surface area contributed by atoms with Crippen LogP contribution in [-0.4, -0.2) is 12.4 Å². The molecule has 1 saturated heterocycles. The van der Waals surface area contributed by atoms with E-state index in [2.05, 4.69) is 23.5 Å². The highest BCUT2D eigenvalue weighted by atomic mass is 32.2. The molecular formula is C15H11NOS. The number of benzene rings is 2. The third-order valence-corrected chi connectivity index (χ3v) is 4.60. The summed E-state index contributed by atoms with van der Waals surface area (Å²) in [4.78, 5) is 13.7. The van der Waals surface area contributed by atoms with E-state index in [1.54, 1.807) is 11.8 Å². The SMILES string of the molecule is O=c1c(=C2CNCS2)c2cccc3cccc1c32. The molecule has 1 heterocycles. The predicted molar refractivity (Wildman–Crippen MR) is 78.0 cm³/mol. The monoisotopic (exact) mass is 253 g/mol. The van der Waals surface area contributed by atoms with Crippen LogP contribution in [0, 0.1) is 0 Å². The maximum absolute atomic E-state index is 12.6. The normalized spacial score (nSPS) is 19.1. The van der Waals surface area contributed by atoms with Crippen LogP contribution < -0.4 is 16.0 Å². The van der Waals surface area contributed by atoms with Gasteiger partial charge in [0.05, 0.1) is 0 Å². The van der Waals surface area contributed by atoms with E-state index < -0.39 is 0 Å². The van der Waals surface area contributed by atoms with Crippen LogP contribution in [0.2, 0.25) is 0 Å². The molecule has 4 rings (SSSR count). The number of nitrogens with one attached hydrogen (secondary N) is 1. The highest BCUT2D eigenvalue weighted by molar-refractivity contribution is 8.08. The molecule has 0 saturated carbocycles. The largest absolute Gasteiger partial charge is 0.303 e. The Balaban J connectivity index is 2.35. The zero-order valence-corrected chi connectivity index (χ0v) is 10.5. The predicted octanol–water partition coefficient (Wildman–Crippen LogP) is 1.91. The molecule has 1 fully saturated rings. The fourth-order valence-corrected chi connectivity index (χ4v) is 3.72. The van der Waals surface area contributed by atoms with Crippen LogP contribution in [0.1, 0.15) is 0 Å². The smallest absolute Gasteiger partial charge is 0.195 e. The molecule has 0 bridgehead atoms. The van der Waals surface area contributed by atoms with Crippen molar-refractivity contribution in [3.05, 3.63) is 51.8 Å². The fraction of sp³-hybridized carbons (Fsp3) is 0.133. The van der Waals surface area contributed by atoms with Gasteiger partial charge in [-0.05, 0) is 10.8 Å². The van der Waals surface area contributed by atoms with Crippen molar-refractivity contribution in [2.75, 3.05) is 12.4 Å². The number of hydrogen-bond acceptors (Lipinski definition) is 3. The zero-order valence-electron chi connectivity index (χ0n) is 9.69. The van der Waals surface area contributed by atoms with E-state index in [0.717, 1.165) is 39.2 Å². The topological polar surface area (TPSA) is 29.1 Å².